The third kappa shape index (κ3) is 3.08. The summed E-state index contributed by atoms with van der Waals surface area (Å²) in [4.78, 5) is 11.6. The van der Waals surface area contributed by atoms with Gasteiger partial charge in [-0.3, -0.25) is 10.0 Å². The second-order valence-corrected chi connectivity index (χ2v) is 6.87. The molecule has 1 atom stereocenters. The van der Waals surface area contributed by atoms with Crippen molar-refractivity contribution in [3.63, 3.8) is 0 Å². The molecule has 2 N–H and O–H groups in total. The van der Waals surface area contributed by atoms with Crippen molar-refractivity contribution in [3.05, 3.63) is 35.9 Å². The second kappa shape index (κ2) is 5.49. The largest absolute Gasteiger partial charge is 0.289 e. The summed E-state index contributed by atoms with van der Waals surface area (Å²) in [6, 6.07) is 9.28. The van der Waals surface area contributed by atoms with E-state index in [1.807, 2.05) is 30.3 Å². The van der Waals surface area contributed by atoms with Gasteiger partial charge in [0.25, 0.3) is 5.91 Å². The molecule has 0 bridgehead atoms. The molecule has 0 aliphatic rings. The molecule has 0 unspecified atom stereocenters. The molecular weight excluding hydrogens is 254 g/mol. The average Bonchev–Trinajstić information content (AvgIpc) is 2.34. The minimum atomic E-state index is -3.62. The predicted octanol–water partition coefficient (Wildman–Crippen LogP) is 0.928. The molecule has 1 aromatic carbocycles. The van der Waals surface area contributed by atoms with Crippen molar-refractivity contribution in [1.82, 2.24) is 5.48 Å². The van der Waals surface area contributed by atoms with Crippen LogP contribution in [0.5, 0.6) is 0 Å². The maximum Gasteiger partial charge on any atom is 0.264 e. The Kier molecular flexibility index (Phi) is 4.48. The summed E-state index contributed by atoms with van der Waals surface area (Å²) in [6.07, 6.45) is 1.55. The van der Waals surface area contributed by atoms with Crippen LogP contribution in [0.4, 0.5) is 0 Å². The standard InChI is InChI=1S/C12H17NO4S/c1-12(11(14)13-15,18(2,16)17)9-8-10-6-4-3-5-7-10/h3-7,15H,8-9H2,1-2H3,(H,13,14)/t12-/m1/s1. The Morgan fingerprint density at radius 3 is 2.33 bits per heavy atom. The summed E-state index contributed by atoms with van der Waals surface area (Å²) in [7, 11) is -3.62. The summed E-state index contributed by atoms with van der Waals surface area (Å²) in [5.41, 5.74) is 2.37. The molecule has 0 fully saturated rings. The van der Waals surface area contributed by atoms with Gasteiger partial charge in [0.2, 0.25) is 0 Å². The third-order valence-corrected chi connectivity index (χ3v) is 5.16. The van der Waals surface area contributed by atoms with Gasteiger partial charge in [0.05, 0.1) is 0 Å². The number of hydrogen-bond donors (Lipinski definition) is 2. The molecule has 0 saturated carbocycles. The van der Waals surface area contributed by atoms with Crippen molar-refractivity contribution in [2.75, 3.05) is 6.26 Å². The first kappa shape index (κ1) is 14.7. The first-order valence-electron chi connectivity index (χ1n) is 5.49. The number of hydroxylamine groups is 1. The first-order chi connectivity index (χ1) is 8.31. The highest BCUT2D eigenvalue weighted by Gasteiger charge is 2.42. The summed E-state index contributed by atoms with van der Waals surface area (Å²) >= 11 is 0. The van der Waals surface area contributed by atoms with Crippen LogP contribution in [0.25, 0.3) is 0 Å². The zero-order valence-corrected chi connectivity index (χ0v) is 11.2. The molecule has 0 spiro atoms. The van der Waals surface area contributed by atoms with Crippen molar-refractivity contribution in [2.45, 2.75) is 24.5 Å². The lowest BCUT2D eigenvalue weighted by Gasteiger charge is -2.24. The van der Waals surface area contributed by atoms with E-state index in [1.165, 1.54) is 12.4 Å². The maximum absolute atomic E-state index is 11.7. The molecule has 0 heterocycles. The van der Waals surface area contributed by atoms with Crippen LogP contribution in [-0.2, 0) is 21.1 Å². The lowest BCUT2D eigenvalue weighted by molar-refractivity contribution is -0.131. The van der Waals surface area contributed by atoms with E-state index in [4.69, 9.17) is 5.21 Å². The van der Waals surface area contributed by atoms with Crippen molar-refractivity contribution < 1.29 is 18.4 Å². The molecule has 0 radical (unpaired) electrons. The van der Waals surface area contributed by atoms with Gasteiger partial charge in [-0.15, -0.1) is 0 Å². The summed E-state index contributed by atoms with van der Waals surface area (Å²) in [6.45, 7) is 1.32. The topological polar surface area (TPSA) is 83.5 Å². The molecule has 18 heavy (non-hydrogen) atoms. The number of carbonyl (C=O) groups excluding carboxylic acids is 1. The van der Waals surface area contributed by atoms with E-state index >= 15 is 0 Å². The SMILES string of the molecule is C[C@@](CCc1ccccc1)(C(=O)NO)S(C)(=O)=O. The Hall–Kier alpha value is -1.40. The Morgan fingerprint density at radius 2 is 1.89 bits per heavy atom. The zero-order chi connectivity index (χ0) is 13.8. The number of nitrogens with one attached hydrogen (secondary N) is 1. The van der Waals surface area contributed by atoms with Crippen molar-refractivity contribution >= 4 is 15.7 Å². The van der Waals surface area contributed by atoms with Gasteiger partial charge in [-0.2, -0.15) is 0 Å². The number of carbonyl (C=O) groups is 1. The van der Waals surface area contributed by atoms with Gasteiger partial charge in [-0.25, -0.2) is 13.9 Å². The molecule has 5 nitrogen and oxygen atoms in total. The Morgan fingerprint density at radius 1 is 1.33 bits per heavy atom. The number of amides is 1. The smallest absolute Gasteiger partial charge is 0.264 e. The molecule has 1 aromatic rings. The minimum Gasteiger partial charge on any atom is -0.289 e. The number of hydrogen-bond acceptors (Lipinski definition) is 4. The van der Waals surface area contributed by atoms with E-state index in [-0.39, 0.29) is 6.42 Å². The first-order valence-corrected chi connectivity index (χ1v) is 7.38. The van der Waals surface area contributed by atoms with E-state index in [1.54, 1.807) is 0 Å². The lowest BCUT2D eigenvalue weighted by atomic mass is 10.00. The van der Waals surface area contributed by atoms with Crippen LogP contribution >= 0.6 is 0 Å². The van der Waals surface area contributed by atoms with E-state index in [0.29, 0.717) is 6.42 Å². The van der Waals surface area contributed by atoms with Crippen molar-refractivity contribution in [3.8, 4) is 0 Å². The fraction of sp³-hybridized carbons (Fsp3) is 0.417. The van der Waals surface area contributed by atoms with E-state index < -0.39 is 20.5 Å². The Balaban J connectivity index is 2.91. The van der Waals surface area contributed by atoms with E-state index in [2.05, 4.69) is 0 Å². The fourth-order valence-electron chi connectivity index (χ4n) is 1.61. The van der Waals surface area contributed by atoms with Crippen LogP contribution < -0.4 is 5.48 Å². The van der Waals surface area contributed by atoms with Gasteiger partial charge in [0.1, 0.15) is 4.75 Å². The number of rotatable bonds is 5. The van der Waals surface area contributed by atoms with E-state index in [9.17, 15) is 13.2 Å². The summed E-state index contributed by atoms with van der Waals surface area (Å²) < 4.78 is 21.8. The Bertz CT molecular complexity index is 512. The maximum atomic E-state index is 11.7. The predicted molar refractivity (Wildman–Crippen MR) is 67.9 cm³/mol. The minimum absolute atomic E-state index is 0.113. The highest BCUT2D eigenvalue weighted by Crippen LogP contribution is 2.23. The molecule has 6 heteroatoms. The number of aryl methyl sites for hydroxylation is 1. The van der Waals surface area contributed by atoms with Crippen LogP contribution in [0.1, 0.15) is 18.9 Å². The molecule has 0 aromatic heterocycles. The highest BCUT2D eigenvalue weighted by molar-refractivity contribution is 7.92. The average molecular weight is 271 g/mol. The molecular formula is C12H17NO4S. The van der Waals surface area contributed by atoms with Gasteiger partial charge < -0.3 is 0 Å². The highest BCUT2D eigenvalue weighted by atomic mass is 32.2. The summed E-state index contributed by atoms with van der Waals surface area (Å²) in [5.74, 6) is -0.902. The quantitative estimate of drug-likeness (QED) is 0.616. The lowest BCUT2D eigenvalue weighted by Crippen LogP contribution is -2.49. The van der Waals surface area contributed by atoms with Gasteiger partial charge >= 0.3 is 0 Å². The number of sulfone groups is 1. The second-order valence-electron chi connectivity index (χ2n) is 4.43. The van der Waals surface area contributed by atoms with Crippen LogP contribution in [0.15, 0.2) is 30.3 Å². The monoisotopic (exact) mass is 271 g/mol. The Labute approximate surface area is 107 Å². The van der Waals surface area contributed by atoms with Crippen LogP contribution in [0.3, 0.4) is 0 Å². The summed E-state index contributed by atoms with van der Waals surface area (Å²) in [5, 5.41) is 8.67. The third-order valence-electron chi connectivity index (χ3n) is 3.13. The van der Waals surface area contributed by atoms with Gasteiger partial charge in [0.15, 0.2) is 9.84 Å². The van der Waals surface area contributed by atoms with Gasteiger partial charge in [-0.1, -0.05) is 30.3 Å². The van der Waals surface area contributed by atoms with Crippen molar-refractivity contribution in [1.29, 1.82) is 0 Å². The van der Waals surface area contributed by atoms with Gasteiger partial charge in [0, 0.05) is 6.26 Å². The number of benzene rings is 1. The normalized spacial score (nSPS) is 14.8. The van der Waals surface area contributed by atoms with Crippen LogP contribution in [0.2, 0.25) is 0 Å². The molecule has 1 amide bonds. The van der Waals surface area contributed by atoms with Crippen LogP contribution in [0, 0.1) is 0 Å². The molecule has 0 aliphatic carbocycles. The zero-order valence-electron chi connectivity index (χ0n) is 10.4. The molecule has 0 aliphatic heterocycles. The molecule has 100 valence electrons. The van der Waals surface area contributed by atoms with Crippen molar-refractivity contribution in [2.24, 2.45) is 0 Å². The van der Waals surface area contributed by atoms with E-state index in [0.717, 1.165) is 11.8 Å². The van der Waals surface area contributed by atoms with Crippen LogP contribution in [-0.4, -0.2) is 30.5 Å². The fourth-order valence-corrected chi connectivity index (χ4v) is 2.47. The molecule has 0 saturated heterocycles. The van der Waals surface area contributed by atoms with Gasteiger partial charge in [-0.05, 0) is 25.3 Å². The molecule has 1 rings (SSSR count).